The van der Waals surface area contributed by atoms with Gasteiger partial charge in [-0.3, -0.25) is 4.79 Å². The number of ether oxygens (including phenoxy) is 2. The van der Waals surface area contributed by atoms with E-state index < -0.39 is 29.5 Å². The van der Waals surface area contributed by atoms with Crippen molar-refractivity contribution in [1.29, 1.82) is 0 Å². The van der Waals surface area contributed by atoms with Crippen LogP contribution in [0.25, 0.3) is 0 Å². The van der Waals surface area contributed by atoms with E-state index in [0.717, 1.165) is 25.8 Å². The van der Waals surface area contributed by atoms with Crippen LogP contribution in [0, 0.1) is 0 Å². The van der Waals surface area contributed by atoms with Gasteiger partial charge in [0.05, 0.1) is 23.9 Å². The molecule has 0 aromatic carbocycles. The highest BCUT2D eigenvalue weighted by Gasteiger charge is 2.43. The van der Waals surface area contributed by atoms with Crippen molar-refractivity contribution in [3.05, 3.63) is 0 Å². The van der Waals surface area contributed by atoms with Crippen molar-refractivity contribution in [1.82, 2.24) is 5.32 Å². The fraction of sp³-hybridized carbons (Fsp3) is 0.950. The van der Waals surface area contributed by atoms with Gasteiger partial charge in [0, 0.05) is 19.1 Å². The van der Waals surface area contributed by atoms with E-state index in [9.17, 15) is 15.0 Å². The first-order valence-corrected chi connectivity index (χ1v) is 10.2. The van der Waals surface area contributed by atoms with Gasteiger partial charge >= 0.3 is 0 Å². The number of rotatable bonds is 12. The monoisotopic (exact) mass is 388 g/mol. The normalized spacial score (nSPS) is 27.0. The number of nitrogens with one attached hydrogen (secondary N) is 1. The van der Waals surface area contributed by atoms with Gasteiger partial charge in [-0.2, -0.15) is 0 Å². The molecule has 7 nitrogen and oxygen atoms in total. The third-order valence-corrected chi connectivity index (χ3v) is 5.30. The molecular formula is C20H40N2O5. The molecule has 0 amide bonds. The van der Waals surface area contributed by atoms with Crippen molar-refractivity contribution in [3.8, 4) is 0 Å². The maximum absolute atomic E-state index is 12.3. The van der Waals surface area contributed by atoms with Crippen LogP contribution in [0.3, 0.4) is 0 Å². The summed E-state index contributed by atoms with van der Waals surface area (Å²) in [7, 11) is 0. The quantitative estimate of drug-likeness (QED) is 0.371. The highest BCUT2D eigenvalue weighted by atomic mass is 16.6. The van der Waals surface area contributed by atoms with Gasteiger partial charge in [-0.1, -0.05) is 6.92 Å². The number of aliphatic hydroxyl groups is 2. The third-order valence-electron chi connectivity index (χ3n) is 5.30. The minimum Gasteiger partial charge on any atom is -0.394 e. The highest BCUT2D eigenvalue weighted by Crippen LogP contribution is 2.29. The predicted molar refractivity (Wildman–Crippen MR) is 106 cm³/mol. The average molecular weight is 389 g/mol. The first kappa shape index (κ1) is 24.5. The molecule has 2 unspecified atom stereocenters. The van der Waals surface area contributed by atoms with E-state index in [2.05, 4.69) is 12.2 Å². The number of hydrogen-bond donors (Lipinski definition) is 4. The van der Waals surface area contributed by atoms with Gasteiger partial charge in [0.25, 0.3) is 0 Å². The predicted octanol–water partition coefficient (Wildman–Crippen LogP) is 1.14. The molecule has 0 bridgehead atoms. The van der Waals surface area contributed by atoms with Crippen LogP contribution in [-0.2, 0) is 14.3 Å². The highest BCUT2D eigenvalue weighted by molar-refractivity contribution is 5.87. The molecule has 1 fully saturated rings. The minimum absolute atomic E-state index is 0.215. The lowest BCUT2D eigenvalue weighted by Crippen LogP contribution is -2.60. The van der Waals surface area contributed by atoms with Crippen molar-refractivity contribution in [2.24, 2.45) is 5.73 Å². The lowest BCUT2D eigenvalue weighted by molar-refractivity contribution is -0.208. The molecule has 1 saturated heterocycles. The van der Waals surface area contributed by atoms with E-state index in [1.807, 2.05) is 27.7 Å². The molecular weight excluding hydrogens is 348 g/mol. The van der Waals surface area contributed by atoms with Gasteiger partial charge in [-0.05, 0) is 59.9 Å². The van der Waals surface area contributed by atoms with E-state index >= 15 is 0 Å². The average Bonchev–Trinajstić information content (AvgIpc) is 2.59. The van der Waals surface area contributed by atoms with Crippen molar-refractivity contribution in [3.63, 3.8) is 0 Å². The van der Waals surface area contributed by atoms with Crippen molar-refractivity contribution in [2.45, 2.75) is 102 Å². The largest absolute Gasteiger partial charge is 0.394 e. The fourth-order valence-corrected chi connectivity index (χ4v) is 3.43. The minimum atomic E-state index is -0.757. The summed E-state index contributed by atoms with van der Waals surface area (Å²) in [4.78, 5) is 12.3. The number of carbonyl (C=O) groups excluding carboxylic acids is 1. The van der Waals surface area contributed by atoms with E-state index in [0.29, 0.717) is 19.4 Å². The Bertz CT molecular complexity index is 456. The molecule has 5 N–H and O–H groups in total. The third kappa shape index (κ3) is 7.40. The second kappa shape index (κ2) is 10.8. The van der Waals surface area contributed by atoms with Gasteiger partial charge in [-0.15, -0.1) is 0 Å². The van der Waals surface area contributed by atoms with Gasteiger partial charge in [0.15, 0.2) is 5.78 Å². The molecule has 7 heteroatoms. The molecule has 0 aromatic heterocycles. The van der Waals surface area contributed by atoms with E-state index in [4.69, 9.17) is 15.2 Å². The molecule has 1 heterocycles. The molecule has 0 aromatic rings. The number of Topliss-reactive ketones (excluding diaryl/α,β-unsaturated/α-hetero) is 1. The summed E-state index contributed by atoms with van der Waals surface area (Å²) in [5, 5.41) is 22.5. The standard InChI is InChI=1S/C20H40N2O5/c1-6-10-22-19(2,3)17(25)9-7-8-11-26-20(4,5)18-14(21)12-15(24)16(13-23)27-18/h14-16,18,22-24H,6-13,21H2,1-5H3/t14-,15?,16?,18+/m0/s1. The summed E-state index contributed by atoms with van der Waals surface area (Å²) < 4.78 is 11.8. The molecule has 27 heavy (non-hydrogen) atoms. The van der Waals surface area contributed by atoms with Crippen LogP contribution in [0.5, 0.6) is 0 Å². The molecule has 0 radical (unpaired) electrons. The lowest BCUT2D eigenvalue weighted by Gasteiger charge is -2.44. The molecule has 4 atom stereocenters. The summed E-state index contributed by atoms with van der Waals surface area (Å²) in [5.41, 5.74) is 5.01. The van der Waals surface area contributed by atoms with Crippen molar-refractivity contribution in [2.75, 3.05) is 19.8 Å². The number of carbonyl (C=O) groups is 1. The Morgan fingerprint density at radius 3 is 2.56 bits per heavy atom. The smallest absolute Gasteiger partial charge is 0.152 e. The lowest BCUT2D eigenvalue weighted by atomic mass is 9.87. The first-order chi connectivity index (χ1) is 12.5. The number of ketones is 1. The van der Waals surface area contributed by atoms with Gasteiger partial charge < -0.3 is 30.7 Å². The fourth-order valence-electron chi connectivity index (χ4n) is 3.43. The summed E-state index contributed by atoms with van der Waals surface area (Å²) in [6.45, 7) is 10.8. The topological polar surface area (TPSA) is 114 Å². The zero-order chi connectivity index (χ0) is 20.7. The van der Waals surface area contributed by atoms with E-state index in [1.54, 1.807) is 0 Å². The molecule has 0 saturated carbocycles. The maximum atomic E-state index is 12.3. The summed E-state index contributed by atoms with van der Waals surface area (Å²) >= 11 is 0. The van der Waals surface area contributed by atoms with Crippen LogP contribution in [0.15, 0.2) is 0 Å². The number of aliphatic hydroxyl groups excluding tert-OH is 2. The van der Waals surface area contributed by atoms with Crippen molar-refractivity contribution < 1.29 is 24.5 Å². The molecule has 1 aliphatic rings. The van der Waals surface area contributed by atoms with Gasteiger partial charge in [0.2, 0.25) is 0 Å². The molecule has 1 aliphatic heterocycles. The Hall–Kier alpha value is -0.570. The van der Waals surface area contributed by atoms with Gasteiger partial charge in [0.1, 0.15) is 12.2 Å². The maximum Gasteiger partial charge on any atom is 0.152 e. The summed E-state index contributed by atoms with van der Waals surface area (Å²) in [5.74, 6) is 0.215. The Morgan fingerprint density at radius 1 is 1.30 bits per heavy atom. The SMILES string of the molecule is CCCNC(C)(C)C(=O)CCCCOC(C)(C)[C@@H]1OC(CO)C(O)C[C@@H]1N. The molecule has 0 aliphatic carbocycles. The van der Waals surface area contributed by atoms with Crippen molar-refractivity contribution >= 4 is 5.78 Å². The van der Waals surface area contributed by atoms with Crippen LogP contribution >= 0.6 is 0 Å². The Morgan fingerprint density at radius 2 is 1.96 bits per heavy atom. The van der Waals surface area contributed by atoms with Crippen LogP contribution in [0.1, 0.15) is 66.7 Å². The Kier molecular flexibility index (Phi) is 9.82. The van der Waals surface area contributed by atoms with Crippen LogP contribution in [-0.4, -0.2) is 71.2 Å². The molecule has 1 rings (SSSR count). The Labute approximate surface area is 164 Å². The molecule has 160 valence electrons. The number of hydrogen-bond acceptors (Lipinski definition) is 7. The zero-order valence-electron chi connectivity index (χ0n) is 17.7. The van der Waals surface area contributed by atoms with Crippen LogP contribution in [0.4, 0.5) is 0 Å². The first-order valence-electron chi connectivity index (χ1n) is 10.2. The number of nitrogens with two attached hydrogens (primary N) is 1. The molecule has 0 spiro atoms. The number of unbranched alkanes of at least 4 members (excludes halogenated alkanes) is 1. The zero-order valence-corrected chi connectivity index (χ0v) is 17.7. The van der Waals surface area contributed by atoms with E-state index in [-0.39, 0.29) is 18.4 Å². The summed E-state index contributed by atoms with van der Waals surface area (Å²) in [6, 6.07) is -0.357. The summed E-state index contributed by atoms with van der Waals surface area (Å²) in [6.07, 6.45) is 1.63. The van der Waals surface area contributed by atoms with Crippen LogP contribution in [0.2, 0.25) is 0 Å². The van der Waals surface area contributed by atoms with Gasteiger partial charge in [-0.25, -0.2) is 0 Å². The van der Waals surface area contributed by atoms with Crippen LogP contribution < -0.4 is 11.1 Å². The Balaban J connectivity index is 2.39. The van der Waals surface area contributed by atoms with E-state index in [1.165, 1.54) is 0 Å². The second-order valence-electron chi connectivity index (χ2n) is 8.63. The second-order valence-corrected chi connectivity index (χ2v) is 8.63.